The summed E-state index contributed by atoms with van der Waals surface area (Å²) in [5.41, 5.74) is 1.92. The largest absolute Gasteiger partial charge is 0.372 e. The molecule has 1 aromatic heterocycles. The van der Waals surface area contributed by atoms with Crippen LogP contribution in [0.15, 0.2) is 29.4 Å². The Labute approximate surface area is 163 Å². The summed E-state index contributed by atoms with van der Waals surface area (Å²) in [4.78, 5) is 14.5. The zero-order valence-electron chi connectivity index (χ0n) is 16.1. The predicted octanol–water partition coefficient (Wildman–Crippen LogP) is 2.60. The summed E-state index contributed by atoms with van der Waals surface area (Å²) in [5.74, 6) is 0.174. The van der Waals surface area contributed by atoms with Gasteiger partial charge in [0.15, 0.2) is 0 Å². The lowest BCUT2D eigenvalue weighted by Gasteiger charge is -2.36. The predicted molar refractivity (Wildman–Crippen MR) is 106 cm³/mol. The zero-order chi connectivity index (χ0) is 19.4. The van der Waals surface area contributed by atoms with Gasteiger partial charge in [-0.05, 0) is 62.4 Å². The van der Waals surface area contributed by atoms with Crippen molar-refractivity contribution in [1.29, 1.82) is 0 Å². The highest BCUT2D eigenvalue weighted by Gasteiger charge is 2.22. The molecular formula is C18H26N6O2S. The summed E-state index contributed by atoms with van der Waals surface area (Å²) < 4.78 is 7.48. The lowest BCUT2D eigenvalue weighted by Crippen LogP contribution is -2.45. The molecule has 0 aliphatic carbocycles. The van der Waals surface area contributed by atoms with E-state index in [0.717, 1.165) is 24.5 Å². The average Bonchev–Trinajstić information content (AvgIpc) is 3.09. The molecule has 1 fully saturated rings. The first-order valence-corrected chi connectivity index (χ1v) is 10.1. The van der Waals surface area contributed by atoms with Gasteiger partial charge in [-0.15, -0.1) is 5.10 Å². The molecule has 27 heavy (non-hydrogen) atoms. The molecule has 1 aliphatic heterocycles. The van der Waals surface area contributed by atoms with Crippen LogP contribution in [-0.4, -0.2) is 57.2 Å². The zero-order valence-corrected chi connectivity index (χ0v) is 16.9. The van der Waals surface area contributed by atoms with Crippen LogP contribution in [0.3, 0.4) is 0 Å². The SMILES string of the molecule is CC1CN(c2ccc(NC(=O)CSc3nnnn3C(C)C)cc2)CC(C)O1. The normalized spacial score (nSPS) is 20.1. The van der Waals surface area contributed by atoms with E-state index in [1.807, 2.05) is 38.1 Å². The Morgan fingerprint density at radius 3 is 2.56 bits per heavy atom. The molecule has 8 nitrogen and oxygen atoms in total. The molecular weight excluding hydrogens is 364 g/mol. The molecule has 9 heteroatoms. The van der Waals surface area contributed by atoms with Crippen LogP contribution < -0.4 is 10.2 Å². The molecule has 2 atom stereocenters. The van der Waals surface area contributed by atoms with Crippen LogP contribution in [0.4, 0.5) is 11.4 Å². The van der Waals surface area contributed by atoms with Gasteiger partial charge >= 0.3 is 0 Å². The molecule has 0 bridgehead atoms. The Morgan fingerprint density at radius 2 is 1.93 bits per heavy atom. The van der Waals surface area contributed by atoms with Crippen LogP contribution >= 0.6 is 11.8 Å². The highest BCUT2D eigenvalue weighted by molar-refractivity contribution is 7.99. The molecule has 1 aliphatic rings. The van der Waals surface area contributed by atoms with Crippen molar-refractivity contribution in [3.05, 3.63) is 24.3 Å². The van der Waals surface area contributed by atoms with E-state index in [9.17, 15) is 4.79 Å². The lowest BCUT2D eigenvalue weighted by molar-refractivity contribution is -0.113. The Balaban J connectivity index is 1.53. The van der Waals surface area contributed by atoms with Crippen molar-refractivity contribution in [3.63, 3.8) is 0 Å². The van der Waals surface area contributed by atoms with Crippen molar-refractivity contribution in [2.45, 2.75) is 51.1 Å². The number of carbonyl (C=O) groups excluding carboxylic acids is 1. The first-order chi connectivity index (χ1) is 12.9. The number of nitrogens with zero attached hydrogens (tertiary/aromatic N) is 5. The van der Waals surface area contributed by atoms with Crippen molar-refractivity contribution in [1.82, 2.24) is 20.2 Å². The van der Waals surface area contributed by atoms with E-state index < -0.39 is 0 Å². The number of nitrogens with one attached hydrogen (secondary N) is 1. The molecule has 0 radical (unpaired) electrons. The molecule has 3 rings (SSSR count). The Bertz CT molecular complexity index is 753. The summed E-state index contributed by atoms with van der Waals surface area (Å²) in [6.07, 6.45) is 0.431. The first-order valence-electron chi connectivity index (χ1n) is 9.13. The molecule has 1 aromatic carbocycles. The number of ether oxygens (including phenoxy) is 1. The van der Waals surface area contributed by atoms with E-state index in [4.69, 9.17) is 4.74 Å². The van der Waals surface area contributed by atoms with Gasteiger partial charge in [0.05, 0.1) is 24.0 Å². The van der Waals surface area contributed by atoms with Crippen LogP contribution in [0, 0.1) is 0 Å². The van der Waals surface area contributed by atoms with E-state index in [2.05, 4.69) is 39.6 Å². The van der Waals surface area contributed by atoms with Gasteiger partial charge < -0.3 is 15.0 Å². The van der Waals surface area contributed by atoms with Gasteiger partial charge in [-0.3, -0.25) is 4.79 Å². The second-order valence-corrected chi connectivity index (χ2v) is 7.99. The maximum absolute atomic E-state index is 12.2. The molecule has 2 unspecified atom stereocenters. The van der Waals surface area contributed by atoms with Gasteiger partial charge in [0.2, 0.25) is 11.1 Å². The standard InChI is InChI=1S/C18H26N6O2S/c1-12(2)24-18(20-21-22-24)27-11-17(25)19-15-5-7-16(8-6-15)23-9-13(3)26-14(4)10-23/h5-8,12-14H,9-11H2,1-4H3,(H,19,25). The topological polar surface area (TPSA) is 85.2 Å². The molecule has 1 saturated heterocycles. The highest BCUT2D eigenvalue weighted by atomic mass is 32.2. The molecule has 0 saturated carbocycles. The van der Waals surface area contributed by atoms with Crippen molar-refractivity contribution in [3.8, 4) is 0 Å². The molecule has 1 N–H and O–H groups in total. The maximum atomic E-state index is 12.2. The second kappa shape index (κ2) is 8.71. The van der Waals surface area contributed by atoms with E-state index >= 15 is 0 Å². The summed E-state index contributed by atoms with van der Waals surface area (Å²) in [6, 6.07) is 8.09. The number of tetrazole rings is 1. The molecule has 1 amide bonds. The van der Waals surface area contributed by atoms with Crippen molar-refractivity contribution in [2.24, 2.45) is 0 Å². The van der Waals surface area contributed by atoms with Crippen molar-refractivity contribution >= 4 is 29.0 Å². The average molecular weight is 391 g/mol. The van der Waals surface area contributed by atoms with Crippen LogP contribution in [-0.2, 0) is 9.53 Å². The number of aromatic nitrogens is 4. The fourth-order valence-corrected chi connectivity index (χ4v) is 3.88. The number of amides is 1. The molecule has 2 heterocycles. The number of hydrogen-bond acceptors (Lipinski definition) is 7. The highest BCUT2D eigenvalue weighted by Crippen LogP contribution is 2.23. The van der Waals surface area contributed by atoms with Crippen molar-refractivity contribution in [2.75, 3.05) is 29.1 Å². The number of benzene rings is 1. The number of anilines is 2. The fourth-order valence-electron chi connectivity index (χ4n) is 3.08. The van der Waals surface area contributed by atoms with Crippen molar-refractivity contribution < 1.29 is 9.53 Å². The maximum Gasteiger partial charge on any atom is 0.234 e. The van der Waals surface area contributed by atoms with Gasteiger partial charge in [-0.1, -0.05) is 11.8 Å². The minimum atomic E-state index is -0.0836. The van der Waals surface area contributed by atoms with Gasteiger partial charge in [0, 0.05) is 24.5 Å². The fraction of sp³-hybridized carbons (Fsp3) is 0.556. The first kappa shape index (κ1) is 19.6. The van der Waals surface area contributed by atoms with Gasteiger partial charge in [-0.25, -0.2) is 4.68 Å². The van der Waals surface area contributed by atoms with E-state index in [1.165, 1.54) is 11.8 Å². The number of carbonyl (C=O) groups is 1. The Kier molecular flexibility index (Phi) is 6.33. The lowest BCUT2D eigenvalue weighted by atomic mass is 10.2. The number of rotatable bonds is 6. The minimum Gasteiger partial charge on any atom is -0.372 e. The van der Waals surface area contributed by atoms with Gasteiger partial charge in [0.1, 0.15) is 0 Å². The van der Waals surface area contributed by atoms with Gasteiger partial charge in [0.25, 0.3) is 0 Å². The summed E-state index contributed by atoms with van der Waals surface area (Å²) >= 11 is 1.33. The smallest absolute Gasteiger partial charge is 0.234 e. The van der Waals surface area contributed by atoms with Crippen LogP contribution in [0.1, 0.15) is 33.7 Å². The number of thioether (sulfide) groups is 1. The van der Waals surface area contributed by atoms with Crippen LogP contribution in [0.25, 0.3) is 0 Å². The monoisotopic (exact) mass is 390 g/mol. The van der Waals surface area contributed by atoms with E-state index in [1.54, 1.807) is 4.68 Å². The Hall–Kier alpha value is -2.13. The third-order valence-corrected chi connectivity index (χ3v) is 5.15. The summed E-state index contributed by atoms with van der Waals surface area (Å²) in [7, 11) is 0. The summed E-state index contributed by atoms with van der Waals surface area (Å²) in [5, 5.41) is 15.1. The molecule has 146 valence electrons. The molecule has 2 aromatic rings. The minimum absolute atomic E-state index is 0.0836. The summed E-state index contributed by atoms with van der Waals surface area (Å²) in [6.45, 7) is 9.92. The third-order valence-electron chi connectivity index (χ3n) is 4.22. The number of hydrogen-bond donors (Lipinski definition) is 1. The van der Waals surface area contributed by atoms with E-state index in [0.29, 0.717) is 5.16 Å². The Morgan fingerprint density at radius 1 is 1.26 bits per heavy atom. The van der Waals surface area contributed by atoms with Crippen LogP contribution in [0.2, 0.25) is 0 Å². The molecule has 0 spiro atoms. The second-order valence-electron chi connectivity index (χ2n) is 7.05. The van der Waals surface area contributed by atoms with Gasteiger partial charge in [-0.2, -0.15) is 0 Å². The van der Waals surface area contributed by atoms with Crippen LogP contribution in [0.5, 0.6) is 0 Å². The number of morpholine rings is 1. The van der Waals surface area contributed by atoms with E-state index in [-0.39, 0.29) is 29.9 Å². The quantitative estimate of drug-likeness (QED) is 0.759. The third kappa shape index (κ3) is 5.20.